The quantitative estimate of drug-likeness (QED) is 0.901. The van der Waals surface area contributed by atoms with E-state index in [1.165, 1.54) is 39.4 Å². The summed E-state index contributed by atoms with van der Waals surface area (Å²) in [6.07, 6.45) is 0. The highest BCUT2D eigenvalue weighted by Gasteiger charge is 2.20. The molecule has 0 saturated heterocycles. The molecular formula is C17H20N2O4S. The highest BCUT2D eigenvalue weighted by molar-refractivity contribution is 7.89. The van der Waals surface area contributed by atoms with Crippen molar-refractivity contribution in [2.75, 3.05) is 26.5 Å². The first-order valence-electron chi connectivity index (χ1n) is 7.24. The Bertz CT molecular complexity index is 861. The molecule has 128 valence electrons. The van der Waals surface area contributed by atoms with Gasteiger partial charge in [0, 0.05) is 19.7 Å². The summed E-state index contributed by atoms with van der Waals surface area (Å²) in [6, 6.07) is 11.5. The molecular weight excluding hydrogens is 328 g/mol. The number of hydrogen-bond donors (Lipinski definition) is 1. The van der Waals surface area contributed by atoms with E-state index in [9.17, 15) is 13.2 Å². The molecule has 6 nitrogen and oxygen atoms in total. The van der Waals surface area contributed by atoms with Crippen molar-refractivity contribution in [1.29, 1.82) is 0 Å². The number of nitrogens with zero attached hydrogens (tertiary/aromatic N) is 1. The Balaban J connectivity index is 2.40. The van der Waals surface area contributed by atoms with Gasteiger partial charge in [-0.2, -0.15) is 0 Å². The van der Waals surface area contributed by atoms with Crippen LogP contribution < -0.4 is 10.1 Å². The minimum atomic E-state index is -3.61. The lowest BCUT2D eigenvalue weighted by atomic mass is 10.1. The van der Waals surface area contributed by atoms with E-state index in [4.69, 9.17) is 4.74 Å². The van der Waals surface area contributed by atoms with Crippen LogP contribution in [0, 0.1) is 6.92 Å². The molecule has 0 spiro atoms. The molecule has 0 unspecified atom stereocenters. The van der Waals surface area contributed by atoms with Crippen LogP contribution in [0.4, 0.5) is 5.69 Å². The van der Waals surface area contributed by atoms with Gasteiger partial charge in [-0.15, -0.1) is 0 Å². The van der Waals surface area contributed by atoms with E-state index in [2.05, 4.69) is 5.32 Å². The third kappa shape index (κ3) is 3.74. The van der Waals surface area contributed by atoms with Crippen LogP contribution in [0.5, 0.6) is 5.75 Å². The number of aryl methyl sites for hydroxylation is 1. The van der Waals surface area contributed by atoms with E-state index in [-0.39, 0.29) is 10.8 Å². The Hall–Kier alpha value is -2.38. The van der Waals surface area contributed by atoms with Crippen LogP contribution in [-0.2, 0) is 10.0 Å². The normalized spacial score (nSPS) is 11.4. The Morgan fingerprint density at radius 3 is 2.42 bits per heavy atom. The van der Waals surface area contributed by atoms with Crippen molar-refractivity contribution in [2.45, 2.75) is 11.8 Å². The van der Waals surface area contributed by atoms with Gasteiger partial charge in [0.2, 0.25) is 10.0 Å². The van der Waals surface area contributed by atoms with Crippen LogP contribution in [0.1, 0.15) is 15.9 Å². The number of carbonyl (C=O) groups excluding carboxylic acids is 1. The van der Waals surface area contributed by atoms with Gasteiger partial charge in [0.05, 0.1) is 17.7 Å². The summed E-state index contributed by atoms with van der Waals surface area (Å²) in [5, 5.41) is 2.71. The van der Waals surface area contributed by atoms with Gasteiger partial charge in [-0.1, -0.05) is 17.7 Å². The second-order valence-electron chi connectivity index (χ2n) is 5.47. The lowest BCUT2D eigenvalue weighted by molar-refractivity contribution is 0.102. The van der Waals surface area contributed by atoms with Crippen LogP contribution in [0.15, 0.2) is 47.4 Å². The van der Waals surface area contributed by atoms with Crippen molar-refractivity contribution < 1.29 is 17.9 Å². The topological polar surface area (TPSA) is 75.7 Å². The van der Waals surface area contributed by atoms with Crippen LogP contribution in [0.3, 0.4) is 0 Å². The molecule has 0 heterocycles. The number of benzene rings is 2. The zero-order chi connectivity index (χ0) is 17.9. The summed E-state index contributed by atoms with van der Waals surface area (Å²) in [5.74, 6) is 0.0464. The summed E-state index contributed by atoms with van der Waals surface area (Å²) >= 11 is 0. The molecule has 0 saturated carbocycles. The fraction of sp³-hybridized carbons (Fsp3) is 0.235. The first-order chi connectivity index (χ1) is 11.3. The third-order valence-corrected chi connectivity index (χ3v) is 5.29. The summed E-state index contributed by atoms with van der Waals surface area (Å²) in [4.78, 5) is 12.5. The van der Waals surface area contributed by atoms with Crippen LogP contribution in [0.2, 0.25) is 0 Å². The van der Waals surface area contributed by atoms with Gasteiger partial charge in [-0.25, -0.2) is 12.7 Å². The average Bonchev–Trinajstić information content (AvgIpc) is 2.54. The minimum absolute atomic E-state index is 0.0767. The number of sulfonamides is 1. The van der Waals surface area contributed by atoms with Gasteiger partial charge >= 0.3 is 0 Å². The zero-order valence-corrected chi connectivity index (χ0v) is 14.8. The first kappa shape index (κ1) is 18.0. The molecule has 1 N–H and O–H groups in total. The Labute approximate surface area is 142 Å². The van der Waals surface area contributed by atoms with Gasteiger partial charge < -0.3 is 10.1 Å². The maximum Gasteiger partial charge on any atom is 0.255 e. The molecule has 2 aromatic carbocycles. The molecule has 1 amide bonds. The summed E-state index contributed by atoms with van der Waals surface area (Å²) in [7, 11) is 0.749. The van der Waals surface area contributed by atoms with Gasteiger partial charge in [0.25, 0.3) is 5.91 Å². The Morgan fingerprint density at radius 2 is 1.83 bits per heavy atom. The van der Waals surface area contributed by atoms with E-state index in [0.717, 1.165) is 9.87 Å². The van der Waals surface area contributed by atoms with Gasteiger partial charge in [-0.05, 0) is 37.3 Å². The van der Waals surface area contributed by atoms with Crippen molar-refractivity contribution in [2.24, 2.45) is 0 Å². The first-order valence-corrected chi connectivity index (χ1v) is 8.68. The molecule has 2 rings (SSSR count). The number of anilines is 1. The molecule has 0 aromatic heterocycles. The Morgan fingerprint density at radius 1 is 1.12 bits per heavy atom. The summed E-state index contributed by atoms with van der Waals surface area (Å²) in [5.41, 5.74) is 1.74. The van der Waals surface area contributed by atoms with Crippen LogP contribution in [0.25, 0.3) is 0 Å². The summed E-state index contributed by atoms with van der Waals surface area (Å²) < 4.78 is 30.8. The molecule has 7 heteroatoms. The largest absolute Gasteiger partial charge is 0.495 e. The predicted octanol–water partition coefficient (Wildman–Crippen LogP) is 2.51. The maximum atomic E-state index is 12.4. The van der Waals surface area contributed by atoms with E-state index in [1.54, 1.807) is 18.2 Å². The standard InChI is InChI=1S/C17H20N2O4S/c1-12-6-5-7-13(10-12)17(20)18-15-11-14(8-9-16(15)23-4)24(21,22)19(2)3/h5-11H,1-4H3,(H,18,20). The second kappa shape index (κ2) is 7.02. The number of ether oxygens (including phenoxy) is 1. The van der Waals surface area contributed by atoms with Crippen molar-refractivity contribution in [1.82, 2.24) is 4.31 Å². The molecule has 0 fully saturated rings. The fourth-order valence-corrected chi connectivity index (χ4v) is 3.07. The number of nitrogens with one attached hydrogen (secondary N) is 1. The van der Waals surface area contributed by atoms with Crippen molar-refractivity contribution >= 4 is 21.6 Å². The highest BCUT2D eigenvalue weighted by Crippen LogP contribution is 2.29. The zero-order valence-electron chi connectivity index (χ0n) is 14.0. The maximum absolute atomic E-state index is 12.4. The monoisotopic (exact) mass is 348 g/mol. The van der Waals surface area contributed by atoms with Gasteiger partial charge in [-0.3, -0.25) is 4.79 Å². The SMILES string of the molecule is COc1ccc(S(=O)(=O)N(C)C)cc1NC(=O)c1cccc(C)c1. The number of carbonyl (C=O) groups is 1. The molecule has 0 atom stereocenters. The smallest absolute Gasteiger partial charge is 0.255 e. The van der Waals surface area contributed by atoms with E-state index >= 15 is 0 Å². The van der Waals surface area contributed by atoms with Crippen molar-refractivity contribution in [3.05, 3.63) is 53.6 Å². The van der Waals surface area contributed by atoms with E-state index < -0.39 is 10.0 Å². The minimum Gasteiger partial charge on any atom is -0.495 e. The second-order valence-corrected chi connectivity index (χ2v) is 7.62. The number of hydrogen-bond acceptors (Lipinski definition) is 4. The van der Waals surface area contributed by atoms with Crippen LogP contribution >= 0.6 is 0 Å². The average molecular weight is 348 g/mol. The predicted molar refractivity (Wildman–Crippen MR) is 93.0 cm³/mol. The molecule has 0 aliphatic heterocycles. The summed E-state index contributed by atoms with van der Waals surface area (Å²) in [6.45, 7) is 1.89. The van der Waals surface area contributed by atoms with E-state index in [0.29, 0.717) is 17.0 Å². The lowest BCUT2D eigenvalue weighted by Gasteiger charge is -2.15. The molecule has 0 aliphatic rings. The number of rotatable bonds is 5. The lowest BCUT2D eigenvalue weighted by Crippen LogP contribution is -2.22. The molecule has 24 heavy (non-hydrogen) atoms. The van der Waals surface area contributed by atoms with Gasteiger partial charge in [0.15, 0.2) is 0 Å². The number of amides is 1. The van der Waals surface area contributed by atoms with Gasteiger partial charge in [0.1, 0.15) is 5.75 Å². The highest BCUT2D eigenvalue weighted by atomic mass is 32.2. The molecule has 2 aromatic rings. The molecule has 0 radical (unpaired) electrons. The van der Waals surface area contributed by atoms with Crippen LogP contribution in [-0.4, -0.2) is 39.8 Å². The molecule has 0 aliphatic carbocycles. The van der Waals surface area contributed by atoms with E-state index in [1.807, 2.05) is 13.0 Å². The van der Waals surface area contributed by atoms with Crippen molar-refractivity contribution in [3.63, 3.8) is 0 Å². The number of methoxy groups -OCH3 is 1. The Kier molecular flexibility index (Phi) is 5.26. The fourth-order valence-electron chi connectivity index (χ4n) is 2.14. The van der Waals surface area contributed by atoms with Crippen molar-refractivity contribution in [3.8, 4) is 5.75 Å². The molecule has 0 bridgehead atoms. The third-order valence-electron chi connectivity index (χ3n) is 3.48.